The summed E-state index contributed by atoms with van der Waals surface area (Å²) in [5, 5.41) is 3.92. The molecule has 0 aliphatic heterocycles. The maximum atomic E-state index is 11.4. The average Bonchev–Trinajstić information content (AvgIpc) is 2.28. The van der Waals surface area contributed by atoms with Gasteiger partial charge in [-0.05, 0) is 24.1 Å². The van der Waals surface area contributed by atoms with E-state index in [-0.39, 0.29) is 5.91 Å². The summed E-state index contributed by atoms with van der Waals surface area (Å²) < 4.78 is 6.13. The van der Waals surface area contributed by atoms with Gasteiger partial charge in [-0.2, -0.15) is 5.10 Å². The summed E-state index contributed by atoms with van der Waals surface area (Å²) in [6.45, 7) is 3.97. The third kappa shape index (κ3) is 4.87. The third-order valence-electron chi connectivity index (χ3n) is 2.18. The molecule has 1 aromatic carbocycles. The Bertz CT molecular complexity index is 445. The van der Waals surface area contributed by atoms with Gasteiger partial charge in [0.25, 0.3) is 0 Å². The Kier molecular flexibility index (Phi) is 5.85. The molecular weight excluding hydrogens is 296 g/mol. The highest BCUT2D eigenvalue weighted by atomic mass is 79.9. The zero-order valence-electron chi connectivity index (χ0n) is 10.7. The zero-order valence-corrected chi connectivity index (χ0v) is 12.3. The Morgan fingerprint density at radius 3 is 2.89 bits per heavy atom. The number of nitrogens with one attached hydrogen (secondary N) is 1. The van der Waals surface area contributed by atoms with E-state index in [2.05, 4.69) is 26.5 Å². The molecule has 1 N–H and O–H groups in total. The van der Waals surface area contributed by atoms with Crippen molar-refractivity contribution in [2.75, 3.05) is 7.11 Å². The van der Waals surface area contributed by atoms with Crippen LogP contribution < -0.4 is 10.2 Å². The van der Waals surface area contributed by atoms with Gasteiger partial charge in [-0.25, -0.2) is 5.43 Å². The number of hydrazone groups is 1. The minimum Gasteiger partial charge on any atom is -0.496 e. The Labute approximate surface area is 116 Å². The first-order chi connectivity index (χ1) is 8.52. The van der Waals surface area contributed by atoms with Gasteiger partial charge in [0.2, 0.25) is 5.91 Å². The molecule has 0 aliphatic carbocycles. The molecule has 0 atom stereocenters. The Morgan fingerprint density at radius 1 is 1.56 bits per heavy atom. The summed E-state index contributed by atoms with van der Waals surface area (Å²) in [4.78, 5) is 11.4. The van der Waals surface area contributed by atoms with Crippen molar-refractivity contribution in [3.8, 4) is 5.75 Å². The van der Waals surface area contributed by atoms with Gasteiger partial charge in [0.15, 0.2) is 0 Å². The number of hydrogen-bond acceptors (Lipinski definition) is 3. The molecule has 0 aromatic heterocycles. The molecule has 0 bridgehead atoms. The number of rotatable bonds is 5. The molecule has 1 aromatic rings. The quantitative estimate of drug-likeness (QED) is 0.671. The number of hydrogen-bond donors (Lipinski definition) is 1. The maximum absolute atomic E-state index is 11.4. The van der Waals surface area contributed by atoms with Crippen LogP contribution in [0.1, 0.15) is 25.8 Å². The monoisotopic (exact) mass is 312 g/mol. The van der Waals surface area contributed by atoms with Crippen molar-refractivity contribution in [2.24, 2.45) is 11.0 Å². The van der Waals surface area contributed by atoms with Crippen LogP contribution in [-0.4, -0.2) is 19.2 Å². The molecule has 0 aliphatic rings. The van der Waals surface area contributed by atoms with Gasteiger partial charge in [-0.15, -0.1) is 0 Å². The van der Waals surface area contributed by atoms with Crippen molar-refractivity contribution >= 4 is 28.1 Å². The van der Waals surface area contributed by atoms with Crippen LogP contribution in [0.5, 0.6) is 5.75 Å². The van der Waals surface area contributed by atoms with Crippen molar-refractivity contribution in [1.82, 2.24) is 5.43 Å². The standard InChI is InChI=1S/C13H17BrN2O2/c1-9(2)6-13(17)16-15-8-10-7-11(14)4-5-12(10)18-3/h4-5,7-9H,6H2,1-3H3,(H,16,17). The molecule has 1 amide bonds. The molecule has 0 saturated heterocycles. The molecule has 0 saturated carbocycles. The third-order valence-corrected chi connectivity index (χ3v) is 2.67. The van der Waals surface area contributed by atoms with E-state index < -0.39 is 0 Å². The summed E-state index contributed by atoms with van der Waals surface area (Å²) >= 11 is 3.37. The second-order valence-corrected chi connectivity index (χ2v) is 5.19. The fourth-order valence-electron chi connectivity index (χ4n) is 1.40. The number of amides is 1. The first-order valence-corrected chi connectivity index (χ1v) is 6.47. The van der Waals surface area contributed by atoms with Crippen LogP contribution in [0.2, 0.25) is 0 Å². The van der Waals surface area contributed by atoms with E-state index in [1.165, 1.54) is 0 Å². The van der Waals surface area contributed by atoms with Crippen LogP contribution in [0.4, 0.5) is 0 Å². The van der Waals surface area contributed by atoms with Crippen LogP contribution in [0.25, 0.3) is 0 Å². The number of carbonyl (C=O) groups excluding carboxylic acids is 1. The molecule has 0 fully saturated rings. The molecule has 1 rings (SSSR count). The molecule has 0 unspecified atom stereocenters. The number of benzene rings is 1. The number of ether oxygens (including phenoxy) is 1. The first-order valence-electron chi connectivity index (χ1n) is 5.68. The van der Waals surface area contributed by atoms with Crippen molar-refractivity contribution in [3.05, 3.63) is 28.2 Å². The van der Waals surface area contributed by atoms with Crippen molar-refractivity contribution in [2.45, 2.75) is 20.3 Å². The minimum absolute atomic E-state index is 0.0878. The summed E-state index contributed by atoms with van der Waals surface area (Å²) in [7, 11) is 1.60. The first kappa shape index (κ1) is 14.7. The van der Waals surface area contributed by atoms with Crippen LogP contribution >= 0.6 is 15.9 Å². The predicted molar refractivity (Wildman–Crippen MR) is 75.9 cm³/mol. The van der Waals surface area contributed by atoms with Gasteiger partial charge >= 0.3 is 0 Å². The summed E-state index contributed by atoms with van der Waals surface area (Å²) in [5.74, 6) is 0.941. The maximum Gasteiger partial charge on any atom is 0.240 e. The van der Waals surface area contributed by atoms with Gasteiger partial charge in [-0.1, -0.05) is 29.8 Å². The van der Waals surface area contributed by atoms with Crippen molar-refractivity contribution in [3.63, 3.8) is 0 Å². The van der Waals surface area contributed by atoms with Crippen molar-refractivity contribution < 1.29 is 9.53 Å². The second kappa shape index (κ2) is 7.16. The van der Waals surface area contributed by atoms with Crippen LogP contribution in [0.15, 0.2) is 27.8 Å². The van der Waals surface area contributed by atoms with E-state index in [0.717, 1.165) is 10.0 Å². The Balaban J connectivity index is 2.66. The molecule has 18 heavy (non-hydrogen) atoms. The normalized spacial score (nSPS) is 10.9. The van der Waals surface area contributed by atoms with E-state index in [9.17, 15) is 4.79 Å². The lowest BCUT2D eigenvalue weighted by molar-refractivity contribution is -0.121. The van der Waals surface area contributed by atoms with Gasteiger partial charge in [0.1, 0.15) is 5.75 Å². The summed E-state index contributed by atoms with van der Waals surface area (Å²) in [6, 6.07) is 5.59. The fourth-order valence-corrected chi connectivity index (χ4v) is 1.78. The highest BCUT2D eigenvalue weighted by Gasteiger charge is 2.03. The topological polar surface area (TPSA) is 50.7 Å². The lowest BCUT2D eigenvalue weighted by atomic mass is 10.1. The second-order valence-electron chi connectivity index (χ2n) is 4.28. The molecule has 0 radical (unpaired) electrons. The Hall–Kier alpha value is -1.36. The van der Waals surface area contributed by atoms with Gasteiger partial charge in [-0.3, -0.25) is 4.79 Å². The van der Waals surface area contributed by atoms with E-state index in [4.69, 9.17) is 4.74 Å². The lowest BCUT2D eigenvalue weighted by Crippen LogP contribution is -2.19. The van der Waals surface area contributed by atoms with E-state index in [0.29, 0.717) is 18.1 Å². The molecule has 0 heterocycles. The highest BCUT2D eigenvalue weighted by molar-refractivity contribution is 9.10. The number of methoxy groups -OCH3 is 1. The minimum atomic E-state index is -0.0878. The van der Waals surface area contributed by atoms with Crippen molar-refractivity contribution in [1.29, 1.82) is 0 Å². The summed E-state index contributed by atoms with van der Waals surface area (Å²) in [5.41, 5.74) is 3.30. The van der Waals surface area contributed by atoms with Gasteiger partial charge in [0.05, 0.1) is 13.3 Å². The Morgan fingerprint density at radius 2 is 2.28 bits per heavy atom. The smallest absolute Gasteiger partial charge is 0.240 e. The van der Waals surface area contributed by atoms with E-state index in [1.54, 1.807) is 13.3 Å². The van der Waals surface area contributed by atoms with E-state index >= 15 is 0 Å². The fraction of sp³-hybridized carbons (Fsp3) is 0.385. The van der Waals surface area contributed by atoms with Crippen LogP contribution in [0, 0.1) is 5.92 Å². The molecule has 4 nitrogen and oxygen atoms in total. The van der Waals surface area contributed by atoms with Gasteiger partial charge in [0, 0.05) is 16.5 Å². The average molecular weight is 313 g/mol. The molecule has 98 valence electrons. The number of nitrogens with zero attached hydrogens (tertiary/aromatic N) is 1. The lowest BCUT2D eigenvalue weighted by Gasteiger charge is -2.05. The highest BCUT2D eigenvalue weighted by Crippen LogP contribution is 2.21. The van der Waals surface area contributed by atoms with E-state index in [1.807, 2.05) is 32.0 Å². The largest absolute Gasteiger partial charge is 0.496 e. The molecular formula is C13H17BrN2O2. The van der Waals surface area contributed by atoms with Crippen LogP contribution in [-0.2, 0) is 4.79 Å². The zero-order chi connectivity index (χ0) is 13.5. The van der Waals surface area contributed by atoms with Gasteiger partial charge < -0.3 is 4.74 Å². The predicted octanol–water partition coefficient (Wildman–Crippen LogP) is 2.95. The molecule has 0 spiro atoms. The number of halogens is 1. The van der Waals surface area contributed by atoms with Crippen LogP contribution in [0.3, 0.4) is 0 Å². The molecule has 5 heteroatoms. The summed E-state index contributed by atoms with van der Waals surface area (Å²) in [6.07, 6.45) is 2.04. The SMILES string of the molecule is COc1ccc(Br)cc1C=NNC(=O)CC(C)C. The number of carbonyl (C=O) groups is 1.